The molecule has 0 aromatic heterocycles. The third-order valence-corrected chi connectivity index (χ3v) is 9.07. The van der Waals surface area contributed by atoms with Crippen LogP contribution in [-0.4, -0.2) is 141 Å². The number of hydrogen-bond acceptors (Lipinski definition) is 17. The molecule has 25 heteroatoms. The number of carbonyl (C=O) groups is 7. The molecule has 0 spiro atoms. The number of Topliss-reactive ketones (excluding diaryl/α,β-unsaturated/α-hetero) is 2. The minimum Gasteiger partial charge on any atom is -0.463 e. The Kier molecular flexibility index (Phi) is 32.9. The van der Waals surface area contributed by atoms with Crippen molar-refractivity contribution < 1.29 is 89.5 Å². The fraction of sp³-hybridized carbons (Fsp3) is 0.548. The molecular weight excluding hydrogens is 926 g/mol. The van der Waals surface area contributed by atoms with Crippen molar-refractivity contribution in [2.45, 2.75) is 84.6 Å². The Hall–Kier alpha value is -6.01. The molecule has 2 unspecified atom stereocenters. The molecule has 0 rings (SSSR count). The van der Waals surface area contributed by atoms with Crippen LogP contribution in [0.4, 0.5) is 4.79 Å². The van der Waals surface area contributed by atoms with Crippen molar-refractivity contribution in [1.82, 2.24) is 21.3 Å². The average Bonchev–Trinajstić information content (AvgIpc) is 3.22. The van der Waals surface area contributed by atoms with Crippen LogP contribution in [0.15, 0.2) is 0 Å². The standard InChI is InChI=1S/C42H54N4O19P2/c1-7-8-9-10-11-12-13-14-15-16-17-41(52)65-35(5)19-23-59-29-38(46-40(51)27-33(3)48)31-63-67(56,57)61-25-21-44-42(53)43-20-24-60-66(54,55)62-30-37(45-39(50)26-32(2)47)28-58-22-18-34(4)64-36(6)49/h1,34-35,37-38H,18-31H2,2-6H3,(H,45,50)(H,46,51)(H,54,55)(H,56,57)(H2,43,44,53)/t34-,35-,37-,38-/m1/s1. The highest BCUT2D eigenvalue weighted by Gasteiger charge is 2.26. The molecule has 0 aliphatic carbocycles. The Morgan fingerprint density at radius 1 is 0.567 bits per heavy atom. The molecule has 67 heavy (non-hydrogen) atoms. The lowest BCUT2D eigenvalue weighted by Gasteiger charge is -2.21. The van der Waals surface area contributed by atoms with Crippen LogP contribution in [-0.2, 0) is 74.9 Å². The van der Waals surface area contributed by atoms with Crippen LogP contribution in [0, 0.1) is 71.5 Å². The summed E-state index contributed by atoms with van der Waals surface area (Å²) in [7, 11) is -9.49. The molecule has 0 aromatic rings. The molecule has 23 nitrogen and oxygen atoms in total. The van der Waals surface area contributed by atoms with Crippen LogP contribution < -0.4 is 21.3 Å². The maximum atomic E-state index is 12.5. The van der Waals surface area contributed by atoms with E-state index in [9.17, 15) is 52.5 Å². The summed E-state index contributed by atoms with van der Waals surface area (Å²) in [5, 5.41) is 9.51. The minimum atomic E-state index is -4.77. The molecule has 0 fully saturated rings. The van der Waals surface area contributed by atoms with Gasteiger partial charge < -0.3 is 50.0 Å². The number of urea groups is 1. The largest absolute Gasteiger partial charge is 0.472 e. The number of phosphoric ester groups is 2. The minimum absolute atomic E-state index is 0.00684. The van der Waals surface area contributed by atoms with Gasteiger partial charge in [-0.1, -0.05) is 0 Å². The van der Waals surface area contributed by atoms with Crippen molar-refractivity contribution in [1.29, 1.82) is 0 Å². The number of phosphoric acid groups is 2. The van der Waals surface area contributed by atoms with Gasteiger partial charge in [0.25, 0.3) is 0 Å². The van der Waals surface area contributed by atoms with Crippen molar-refractivity contribution in [2.24, 2.45) is 0 Å². The monoisotopic (exact) mass is 980 g/mol. The van der Waals surface area contributed by atoms with Crippen LogP contribution in [0.3, 0.4) is 0 Å². The van der Waals surface area contributed by atoms with Gasteiger partial charge in [-0.3, -0.25) is 42.1 Å². The summed E-state index contributed by atoms with van der Waals surface area (Å²) >= 11 is 0. The maximum Gasteiger partial charge on any atom is 0.472 e. The number of rotatable bonds is 32. The highest BCUT2D eigenvalue weighted by molar-refractivity contribution is 7.47. The first kappa shape index (κ1) is 61.0. The lowest BCUT2D eigenvalue weighted by Crippen LogP contribution is -2.42. The molecule has 0 aromatic carbocycles. The average molecular weight is 981 g/mol. The number of hydrogen-bond donors (Lipinski definition) is 6. The van der Waals surface area contributed by atoms with E-state index in [2.05, 4.69) is 86.4 Å². The Balaban J connectivity index is 4.79. The fourth-order valence-electron chi connectivity index (χ4n) is 4.33. The molecule has 6 atom stereocenters. The van der Waals surface area contributed by atoms with Gasteiger partial charge >= 0.3 is 33.6 Å². The number of ether oxygens (including phenoxy) is 4. The van der Waals surface area contributed by atoms with E-state index < -0.39 is 121 Å². The summed E-state index contributed by atoms with van der Waals surface area (Å²) in [5.74, 6) is 21.8. The summed E-state index contributed by atoms with van der Waals surface area (Å²) < 4.78 is 65.6. The molecule has 0 saturated heterocycles. The molecule has 366 valence electrons. The second-order valence-electron chi connectivity index (χ2n) is 13.4. The second-order valence-corrected chi connectivity index (χ2v) is 16.3. The van der Waals surface area contributed by atoms with E-state index in [4.69, 9.17) is 43.5 Å². The van der Waals surface area contributed by atoms with Gasteiger partial charge in [0.15, 0.2) is 0 Å². The Morgan fingerprint density at radius 3 is 1.37 bits per heavy atom. The lowest BCUT2D eigenvalue weighted by molar-refractivity contribution is -0.146. The number of amides is 4. The zero-order valence-corrected chi connectivity index (χ0v) is 39.3. The molecule has 0 bridgehead atoms. The van der Waals surface area contributed by atoms with E-state index in [0.29, 0.717) is 6.42 Å². The molecule has 0 aliphatic rings. The number of esters is 2. The fourth-order valence-corrected chi connectivity index (χ4v) is 5.86. The first-order chi connectivity index (χ1) is 31.6. The third kappa shape index (κ3) is 38.9. The van der Waals surface area contributed by atoms with E-state index >= 15 is 0 Å². The topological polar surface area (TPSA) is 316 Å². The zero-order chi connectivity index (χ0) is 50.5. The predicted octanol–water partition coefficient (Wildman–Crippen LogP) is -0.172. The van der Waals surface area contributed by atoms with Crippen molar-refractivity contribution in [3.05, 3.63) is 0 Å². The van der Waals surface area contributed by atoms with E-state index in [1.165, 1.54) is 20.8 Å². The zero-order valence-electron chi connectivity index (χ0n) is 37.5. The molecule has 6 N–H and O–H groups in total. The Bertz CT molecular complexity index is 2150. The van der Waals surface area contributed by atoms with E-state index in [-0.39, 0.29) is 45.9 Å². The third-order valence-electron chi connectivity index (χ3n) is 7.10. The van der Waals surface area contributed by atoms with Crippen LogP contribution in [0.1, 0.15) is 60.3 Å². The van der Waals surface area contributed by atoms with Crippen molar-refractivity contribution in [3.63, 3.8) is 0 Å². The van der Waals surface area contributed by atoms with Gasteiger partial charge in [-0.05, 0) is 86.9 Å². The number of carbonyl (C=O) groups excluding carboxylic acids is 7. The second kappa shape index (κ2) is 36.2. The van der Waals surface area contributed by atoms with Gasteiger partial charge in [0, 0.05) is 38.8 Å². The number of ketones is 2. The summed E-state index contributed by atoms with van der Waals surface area (Å²) in [6, 6.07) is -2.84. The molecule has 0 heterocycles. The van der Waals surface area contributed by atoms with Gasteiger partial charge in [0.1, 0.15) is 23.8 Å². The first-order valence-electron chi connectivity index (χ1n) is 20.0. The van der Waals surface area contributed by atoms with Crippen LogP contribution in [0.2, 0.25) is 0 Å². The predicted molar refractivity (Wildman–Crippen MR) is 235 cm³/mol. The van der Waals surface area contributed by atoms with Gasteiger partial charge in [-0.2, -0.15) is 0 Å². The van der Waals surface area contributed by atoms with Crippen LogP contribution >= 0.6 is 15.6 Å². The molecule has 0 aliphatic heterocycles. The van der Waals surface area contributed by atoms with Crippen LogP contribution in [0.25, 0.3) is 0 Å². The molecular formula is C42H54N4O19P2. The molecule has 0 radical (unpaired) electrons. The van der Waals surface area contributed by atoms with E-state index in [1.807, 2.05) is 0 Å². The van der Waals surface area contributed by atoms with Crippen LogP contribution in [0.5, 0.6) is 0 Å². The van der Waals surface area contributed by atoms with E-state index in [1.54, 1.807) is 13.8 Å². The molecule has 4 amide bonds. The first-order valence-corrected chi connectivity index (χ1v) is 22.9. The summed E-state index contributed by atoms with van der Waals surface area (Å²) in [6.07, 6.45) is 3.40. The van der Waals surface area contributed by atoms with Gasteiger partial charge in [-0.25, -0.2) is 18.7 Å². The molecule has 0 saturated carbocycles. The van der Waals surface area contributed by atoms with Crippen molar-refractivity contribution in [3.8, 4) is 71.5 Å². The normalized spacial score (nSPS) is 13.5. The van der Waals surface area contributed by atoms with Crippen molar-refractivity contribution in [2.75, 3.05) is 65.9 Å². The Labute approximate surface area is 389 Å². The lowest BCUT2D eigenvalue weighted by atomic mass is 10.2. The van der Waals surface area contributed by atoms with Gasteiger partial charge in [0.05, 0.1) is 77.8 Å². The van der Waals surface area contributed by atoms with Crippen molar-refractivity contribution >= 4 is 57.0 Å². The summed E-state index contributed by atoms with van der Waals surface area (Å²) in [4.78, 5) is 102. The summed E-state index contributed by atoms with van der Waals surface area (Å²) in [6.45, 7) is 3.65. The van der Waals surface area contributed by atoms with Gasteiger partial charge in [-0.15, -0.1) is 6.42 Å². The van der Waals surface area contributed by atoms with E-state index in [0.717, 1.165) is 0 Å². The Morgan fingerprint density at radius 2 is 0.970 bits per heavy atom. The smallest absolute Gasteiger partial charge is 0.463 e. The highest BCUT2D eigenvalue weighted by Crippen LogP contribution is 2.43. The SMILES string of the molecule is C#CC#CC#CC#CC#CC#CC(=O)O[C@H](C)CCOC[C@H](COP(=O)(O)OCCNC(=O)NCCOP(=O)(O)OC[C@@H](COCC[C@@H](C)OC(C)=O)NC(=O)CC(C)=O)NC(=O)CC(C)=O. The quantitative estimate of drug-likeness (QED) is 0.0127. The summed E-state index contributed by atoms with van der Waals surface area (Å²) in [5.41, 5.74) is 0. The van der Waals surface area contributed by atoms with Gasteiger partial charge in [0.2, 0.25) is 11.8 Å². The maximum absolute atomic E-state index is 12.5. The number of terminal acetylenes is 1. The number of nitrogens with one attached hydrogen (secondary N) is 4. The highest BCUT2D eigenvalue weighted by atomic mass is 31.2.